The molecule has 0 radical (unpaired) electrons. The van der Waals surface area contributed by atoms with Gasteiger partial charge in [0.2, 0.25) is 0 Å². The lowest BCUT2D eigenvalue weighted by Gasteiger charge is -1.99. The first-order chi connectivity index (χ1) is 5.36. The molecular weight excluding hydrogens is 158 g/mol. The van der Waals surface area contributed by atoms with Crippen molar-refractivity contribution in [2.45, 2.75) is 6.42 Å². The van der Waals surface area contributed by atoms with Crippen LogP contribution in [0.2, 0.25) is 0 Å². The first kappa shape index (κ1) is 8.40. The molecule has 0 saturated carbocycles. The minimum atomic E-state index is 0.799. The lowest BCUT2D eigenvalue weighted by atomic mass is 10.3. The molecule has 1 aromatic heterocycles. The molecule has 60 valence electrons. The third kappa shape index (κ3) is 2.42. The van der Waals surface area contributed by atoms with Crippen molar-refractivity contribution in [3.05, 3.63) is 24.0 Å². The van der Waals surface area contributed by atoms with Gasteiger partial charge in [0.25, 0.3) is 0 Å². The summed E-state index contributed by atoms with van der Waals surface area (Å²) in [6, 6.07) is 3.86. The number of pyridine rings is 1. The van der Waals surface area contributed by atoms with E-state index in [1.54, 1.807) is 13.3 Å². The molecule has 1 rings (SSSR count). The molecule has 3 heteroatoms. The van der Waals surface area contributed by atoms with Crippen molar-refractivity contribution >= 4 is 12.6 Å². The van der Waals surface area contributed by atoms with Crippen LogP contribution >= 0.6 is 12.6 Å². The molecule has 0 bridgehead atoms. The highest BCUT2D eigenvalue weighted by Crippen LogP contribution is 2.08. The van der Waals surface area contributed by atoms with Crippen LogP contribution in [0.5, 0.6) is 5.75 Å². The molecule has 1 heterocycles. The van der Waals surface area contributed by atoms with Gasteiger partial charge in [-0.25, -0.2) is 0 Å². The molecule has 2 nitrogen and oxygen atoms in total. The number of ether oxygens (including phenoxy) is 1. The van der Waals surface area contributed by atoms with Crippen LogP contribution in [0.15, 0.2) is 18.3 Å². The number of methoxy groups -OCH3 is 1. The fourth-order valence-corrected chi connectivity index (χ4v) is 1.02. The zero-order valence-electron chi connectivity index (χ0n) is 6.45. The molecule has 11 heavy (non-hydrogen) atoms. The van der Waals surface area contributed by atoms with Crippen molar-refractivity contribution in [3.8, 4) is 5.75 Å². The quantitative estimate of drug-likeness (QED) is 0.694. The Bertz CT molecular complexity index is 210. The van der Waals surface area contributed by atoms with Gasteiger partial charge in [0.1, 0.15) is 5.75 Å². The van der Waals surface area contributed by atoms with Crippen molar-refractivity contribution < 1.29 is 4.74 Å². The molecule has 0 fully saturated rings. The van der Waals surface area contributed by atoms with Crippen molar-refractivity contribution in [2.75, 3.05) is 12.9 Å². The first-order valence-electron chi connectivity index (χ1n) is 3.46. The van der Waals surface area contributed by atoms with Gasteiger partial charge in [-0.05, 0) is 24.3 Å². The minimum Gasteiger partial charge on any atom is -0.495 e. The summed E-state index contributed by atoms with van der Waals surface area (Å²) in [5, 5.41) is 0. The van der Waals surface area contributed by atoms with Crippen molar-refractivity contribution in [3.63, 3.8) is 0 Å². The second-order valence-corrected chi connectivity index (χ2v) is 2.61. The standard InChI is InChI=1S/C8H11NOS/c1-10-8-3-2-7(4-5-11)9-6-8/h2-3,6,11H,4-5H2,1H3. The Labute approximate surface area is 72.0 Å². The Morgan fingerprint density at radius 3 is 2.82 bits per heavy atom. The van der Waals surface area contributed by atoms with E-state index in [2.05, 4.69) is 17.6 Å². The van der Waals surface area contributed by atoms with Crippen LogP contribution in [-0.2, 0) is 6.42 Å². The van der Waals surface area contributed by atoms with E-state index in [-0.39, 0.29) is 0 Å². The van der Waals surface area contributed by atoms with Gasteiger partial charge in [-0.2, -0.15) is 12.6 Å². The second kappa shape index (κ2) is 4.23. The molecule has 1 aromatic rings. The Hall–Kier alpha value is -0.700. The van der Waals surface area contributed by atoms with Crippen LogP contribution in [0.25, 0.3) is 0 Å². The summed E-state index contributed by atoms with van der Waals surface area (Å²) < 4.78 is 4.97. The third-order valence-electron chi connectivity index (χ3n) is 1.40. The smallest absolute Gasteiger partial charge is 0.137 e. The molecule has 0 spiro atoms. The number of aryl methyl sites for hydroxylation is 1. The second-order valence-electron chi connectivity index (χ2n) is 2.16. The molecule has 0 atom stereocenters. The van der Waals surface area contributed by atoms with E-state index >= 15 is 0 Å². The summed E-state index contributed by atoms with van der Waals surface area (Å²) in [6.45, 7) is 0. The fourth-order valence-electron chi connectivity index (χ4n) is 0.794. The molecule has 0 aliphatic heterocycles. The molecule has 0 unspecified atom stereocenters. The summed E-state index contributed by atoms with van der Waals surface area (Å²) in [5.41, 5.74) is 1.06. The van der Waals surface area contributed by atoms with E-state index in [0.717, 1.165) is 23.6 Å². The maximum atomic E-state index is 4.97. The van der Waals surface area contributed by atoms with Gasteiger partial charge < -0.3 is 4.74 Å². The van der Waals surface area contributed by atoms with Crippen LogP contribution in [0.4, 0.5) is 0 Å². The van der Waals surface area contributed by atoms with E-state index < -0.39 is 0 Å². The zero-order chi connectivity index (χ0) is 8.10. The molecular formula is C8H11NOS. The monoisotopic (exact) mass is 169 g/mol. The van der Waals surface area contributed by atoms with Crippen LogP contribution in [0, 0.1) is 0 Å². The van der Waals surface area contributed by atoms with Crippen LogP contribution < -0.4 is 4.74 Å². The number of rotatable bonds is 3. The van der Waals surface area contributed by atoms with Crippen LogP contribution in [-0.4, -0.2) is 17.8 Å². The Morgan fingerprint density at radius 2 is 2.36 bits per heavy atom. The maximum Gasteiger partial charge on any atom is 0.137 e. The first-order valence-corrected chi connectivity index (χ1v) is 4.10. The highest BCUT2D eigenvalue weighted by molar-refractivity contribution is 7.80. The third-order valence-corrected chi connectivity index (χ3v) is 1.62. The lowest BCUT2D eigenvalue weighted by molar-refractivity contribution is 0.412. The van der Waals surface area contributed by atoms with Gasteiger partial charge in [0, 0.05) is 5.69 Å². The predicted octanol–water partition coefficient (Wildman–Crippen LogP) is 1.56. The fraction of sp³-hybridized carbons (Fsp3) is 0.375. The Morgan fingerprint density at radius 1 is 1.55 bits per heavy atom. The van der Waals surface area contributed by atoms with Crippen LogP contribution in [0.3, 0.4) is 0 Å². The molecule has 0 saturated heterocycles. The number of aromatic nitrogens is 1. The van der Waals surface area contributed by atoms with E-state index in [4.69, 9.17) is 4.74 Å². The normalized spacial score (nSPS) is 9.64. The average molecular weight is 169 g/mol. The summed E-state index contributed by atoms with van der Waals surface area (Å²) in [7, 11) is 1.63. The van der Waals surface area contributed by atoms with Crippen molar-refractivity contribution in [2.24, 2.45) is 0 Å². The topological polar surface area (TPSA) is 22.1 Å². The molecule has 0 aliphatic rings. The van der Waals surface area contributed by atoms with Gasteiger partial charge >= 0.3 is 0 Å². The van der Waals surface area contributed by atoms with E-state index in [1.807, 2.05) is 12.1 Å². The van der Waals surface area contributed by atoms with Gasteiger partial charge in [-0.3, -0.25) is 4.98 Å². The SMILES string of the molecule is COc1ccc(CCS)nc1. The summed E-state index contributed by atoms with van der Waals surface area (Å²) in [5.74, 6) is 1.63. The molecule has 0 N–H and O–H groups in total. The van der Waals surface area contributed by atoms with Crippen LogP contribution in [0.1, 0.15) is 5.69 Å². The van der Waals surface area contributed by atoms with E-state index in [1.165, 1.54) is 0 Å². The number of thiol groups is 1. The molecule has 0 aliphatic carbocycles. The number of hydrogen-bond donors (Lipinski definition) is 1. The largest absolute Gasteiger partial charge is 0.495 e. The highest BCUT2D eigenvalue weighted by atomic mass is 32.1. The van der Waals surface area contributed by atoms with Gasteiger partial charge in [0.15, 0.2) is 0 Å². The van der Waals surface area contributed by atoms with Gasteiger partial charge in [-0.15, -0.1) is 0 Å². The Balaban J connectivity index is 2.66. The number of nitrogens with zero attached hydrogens (tertiary/aromatic N) is 1. The predicted molar refractivity (Wildman–Crippen MR) is 48.3 cm³/mol. The Kier molecular flexibility index (Phi) is 3.23. The minimum absolute atomic E-state index is 0.799. The molecule has 0 amide bonds. The maximum absolute atomic E-state index is 4.97. The summed E-state index contributed by atoms with van der Waals surface area (Å²) in [4.78, 5) is 4.17. The number of hydrogen-bond acceptors (Lipinski definition) is 3. The summed E-state index contributed by atoms with van der Waals surface area (Å²) >= 11 is 4.11. The zero-order valence-corrected chi connectivity index (χ0v) is 7.34. The van der Waals surface area contributed by atoms with Crippen molar-refractivity contribution in [1.29, 1.82) is 0 Å². The lowest BCUT2D eigenvalue weighted by Crippen LogP contribution is -1.91. The van der Waals surface area contributed by atoms with Gasteiger partial charge in [-0.1, -0.05) is 0 Å². The molecule has 0 aromatic carbocycles. The average Bonchev–Trinajstić information content (AvgIpc) is 2.07. The van der Waals surface area contributed by atoms with Gasteiger partial charge in [0.05, 0.1) is 13.3 Å². The summed E-state index contributed by atoms with van der Waals surface area (Å²) in [6.07, 6.45) is 2.63. The van der Waals surface area contributed by atoms with Crippen molar-refractivity contribution in [1.82, 2.24) is 4.98 Å². The van der Waals surface area contributed by atoms with E-state index in [0.29, 0.717) is 0 Å². The van der Waals surface area contributed by atoms with E-state index in [9.17, 15) is 0 Å². The highest BCUT2D eigenvalue weighted by Gasteiger charge is 1.93.